The first-order valence-electron chi connectivity index (χ1n) is 9.51. The highest BCUT2D eigenvalue weighted by molar-refractivity contribution is 5.54. The van der Waals surface area contributed by atoms with Crippen LogP contribution in [-0.4, -0.2) is 12.6 Å². The number of furan rings is 1. The van der Waals surface area contributed by atoms with E-state index in [-0.39, 0.29) is 6.04 Å². The predicted molar refractivity (Wildman–Crippen MR) is 98.2 cm³/mol. The fourth-order valence-corrected chi connectivity index (χ4v) is 4.34. The van der Waals surface area contributed by atoms with Crippen LogP contribution in [0.25, 0.3) is 0 Å². The summed E-state index contributed by atoms with van der Waals surface area (Å²) in [4.78, 5) is 0. The van der Waals surface area contributed by atoms with Gasteiger partial charge in [-0.3, -0.25) is 0 Å². The largest absolute Gasteiger partial charge is 0.467 e. The van der Waals surface area contributed by atoms with E-state index in [1.54, 1.807) is 6.26 Å². The van der Waals surface area contributed by atoms with Gasteiger partial charge in [-0.05, 0) is 61.9 Å². The molecule has 2 N–H and O–H groups in total. The Balaban J connectivity index is 1.42. The van der Waals surface area contributed by atoms with Crippen LogP contribution >= 0.6 is 0 Å². The second-order valence-electron chi connectivity index (χ2n) is 7.34. The zero-order valence-corrected chi connectivity index (χ0v) is 14.3. The molecule has 128 valence electrons. The summed E-state index contributed by atoms with van der Waals surface area (Å²) in [5, 5.41) is 7.52. The molecule has 1 aliphatic heterocycles. The molecule has 1 aromatic heterocycles. The molecule has 1 aliphatic carbocycles. The predicted octanol–water partition coefficient (Wildman–Crippen LogP) is 4.92. The first kappa shape index (κ1) is 15.8. The van der Waals surface area contributed by atoms with Gasteiger partial charge in [-0.1, -0.05) is 37.5 Å². The van der Waals surface area contributed by atoms with Crippen molar-refractivity contribution < 1.29 is 4.42 Å². The molecule has 2 atom stereocenters. The van der Waals surface area contributed by atoms with Gasteiger partial charge in [0.05, 0.1) is 12.3 Å². The molecule has 2 aromatic rings. The van der Waals surface area contributed by atoms with Crippen molar-refractivity contribution in [2.24, 2.45) is 5.92 Å². The van der Waals surface area contributed by atoms with Crippen molar-refractivity contribution in [2.75, 3.05) is 11.9 Å². The fraction of sp³-hybridized carbons (Fsp3) is 0.524. The standard InChI is InChI=1S/C21H28N2O/c1-2-8-18(9-3-1)22-13-12-17-15-16-7-4-5-10-19(16)23-21(17)20-11-6-14-24-20/h4-7,10-11,14,17-18,21-23H,1-3,8-9,12-13,15H2/t17-,21+/m0/s1. The zero-order chi connectivity index (χ0) is 16.2. The number of hydrogen-bond acceptors (Lipinski definition) is 3. The van der Waals surface area contributed by atoms with E-state index >= 15 is 0 Å². The Morgan fingerprint density at radius 2 is 1.92 bits per heavy atom. The van der Waals surface area contributed by atoms with E-state index in [0.29, 0.717) is 5.92 Å². The maximum Gasteiger partial charge on any atom is 0.126 e. The quantitative estimate of drug-likeness (QED) is 0.820. The van der Waals surface area contributed by atoms with Crippen LogP contribution in [0.3, 0.4) is 0 Å². The Hall–Kier alpha value is -1.74. The topological polar surface area (TPSA) is 37.2 Å². The molecular formula is C21H28N2O. The number of nitrogens with one attached hydrogen (secondary N) is 2. The molecule has 2 aliphatic rings. The third kappa shape index (κ3) is 3.51. The second kappa shape index (κ2) is 7.43. The summed E-state index contributed by atoms with van der Waals surface area (Å²) in [5.41, 5.74) is 2.69. The molecule has 0 bridgehead atoms. The van der Waals surface area contributed by atoms with Crippen LogP contribution in [0, 0.1) is 5.92 Å². The molecule has 0 spiro atoms. The smallest absolute Gasteiger partial charge is 0.126 e. The SMILES string of the molecule is c1coc([C@@H]2Nc3ccccc3C[C@@H]2CCNC2CCCCC2)c1. The number of anilines is 1. The van der Waals surface area contributed by atoms with Gasteiger partial charge in [-0.25, -0.2) is 0 Å². The summed E-state index contributed by atoms with van der Waals surface area (Å²) in [6, 6.07) is 13.8. The van der Waals surface area contributed by atoms with E-state index in [9.17, 15) is 0 Å². The van der Waals surface area contributed by atoms with Gasteiger partial charge in [0.2, 0.25) is 0 Å². The molecular weight excluding hydrogens is 296 g/mol. The third-order valence-corrected chi connectivity index (χ3v) is 5.68. The zero-order valence-electron chi connectivity index (χ0n) is 14.3. The molecule has 1 fully saturated rings. The van der Waals surface area contributed by atoms with Gasteiger partial charge in [-0.15, -0.1) is 0 Å². The Kier molecular flexibility index (Phi) is 4.88. The summed E-state index contributed by atoms with van der Waals surface area (Å²) in [5.74, 6) is 1.63. The monoisotopic (exact) mass is 324 g/mol. The molecule has 0 saturated heterocycles. The molecule has 3 heteroatoms. The van der Waals surface area contributed by atoms with Crippen molar-refractivity contribution in [3.05, 3.63) is 54.0 Å². The summed E-state index contributed by atoms with van der Waals surface area (Å²) in [7, 11) is 0. The summed E-state index contributed by atoms with van der Waals surface area (Å²) < 4.78 is 5.73. The van der Waals surface area contributed by atoms with Gasteiger partial charge in [0.15, 0.2) is 0 Å². The van der Waals surface area contributed by atoms with Gasteiger partial charge in [0.1, 0.15) is 5.76 Å². The van der Waals surface area contributed by atoms with E-state index in [4.69, 9.17) is 4.42 Å². The molecule has 0 radical (unpaired) electrons. The third-order valence-electron chi connectivity index (χ3n) is 5.68. The maximum atomic E-state index is 5.73. The van der Waals surface area contributed by atoms with Crippen LogP contribution in [0.2, 0.25) is 0 Å². The van der Waals surface area contributed by atoms with Crippen LogP contribution < -0.4 is 10.6 Å². The highest BCUT2D eigenvalue weighted by Crippen LogP contribution is 2.38. The van der Waals surface area contributed by atoms with Crippen molar-refractivity contribution >= 4 is 5.69 Å². The van der Waals surface area contributed by atoms with Crippen LogP contribution in [0.5, 0.6) is 0 Å². The van der Waals surface area contributed by atoms with E-state index in [1.807, 2.05) is 6.07 Å². The van der Waals surface area contributed by atoms with Gasteiger partial charge in [-0.2, -0.15) is 0 Å². The average molecular weight is 324 g/mol. The number of fused-ring (bicyclic) bond motifs is 1. The highest BCUT2D eigenvalue weighted by Gasteiger charge is 2.30. The molecule has 24 heavy (non-hydrogen) atoms. The fourth-order valence-electron chi connectivity index (χ4n) is 4.34. The first-order valence-corrected chi connectivity index (χ1v) is 9.51. The Morgan fingerprint density at radius 3 is 2.75 bits per heavy atom. The lowest BCUT2D eigenvalue weighted by molar-refractivity contribution is 0.322. The summed E-state index contributed by atoms with van der Waals surface area (Å²) in [6.45, 7) is 1.11. The lowest BCUT2D eigenvalue weighted by atomic mass is 9.83. The van der Waals surface area contributed by atoms with Crippen LogP contribution in [0.4, 0.5) is 5.69 Å². The lowest BCUT2D eigenvalue weighted by Gasteiger charge is -2.34. The molecule has 0 unspecified atom stereocenters. The van der Waals surface area contributed by atoms with Crippen molar-refractivity contribution in [1.82, 2.24) is 5.32 Å². The van der Waals surface area contributed by atoms with E-state index in [0.717, 1.165) is 24.8 Å². The van der Waals surface area contributed by atoms with Crippen molar-refractivity contribution in [2.45, 2.75) is 57.0 Å². The summed E-state index contributed by atoms with van der Waals surface area (Å²) >= 11 is 0. The van der Waals surface area contributed by atoms with Crippen molar-refractivity contribution in [3.63, 3.8) is 0 Å². The minimum atomic E-state index is 0.281. The average Bonchev–Trinajstić information content (AvgIpc) is 3.16. The Morgan fingerprint density at radius 1 is 1.04 bits per heavy atom. The van der Waals surface area contributed by atoms with Crippen LogP contribution in [-0.2, 0) is 6.42 Å². The highest BCUT2D eigenvalue weighted by atomic mass is 16.3. The number of hydrogen-bond donors (Lipinski definition) is 2. The first-order chi connectivity index (χ1) is 11.9. The van der Waals surface area contributed by atoms with Crippen LogP contribution in [0.1, 0.15) is 55.9 Å². The number of rotatable bonds is 5. The van der Waals surface area contributed by atoms with Crippen molar-refractivity contribution in [1.29, 1.82) is 0 Å². The van der Waals surface area contributed by atoms with Gasteiger partial charge in [0, 0.05) is 11.7 Å². The van der Waals surface area contributed by atoms with E-state index in [2.05, 4.69) is 41.0 Å². The molecule has 4 rings (SSSR count). The summed E-state index contributed by atoms with van der Waals surface area (Å²) in [6.07, 6.45) is 11.0. The van der Waals surface area contributed by atoms with Gasteiger partial charge >= 0.3 is 0 Å². The molecule has 1 saturated carbocycles. The minimum absolute atomic E-state index is 0.281. The van der Waals surface area contributed by atoms with E-state index in [1.165, 1.54) is 49.8 Å². The minimum Gasteiger partial charge on any atom is -0.467 e. The van der Waals surface area contributed by atoms with Gasteiger partial charge in [0.25, 0.3) is 0 Å². The normalized spacial score (nSPS) is 24.3. The number of benzene rings is 1. The molecule has 0 amide bonds. The second-order valence-corrected chi connectivity index (χ2v) is 7.34. The molecule has 1 aromatic carbocycles. The lowest BCUT2D eigenvalue weighted by Crippen LogP contribution is -2.35. The maximum absolute atomic E-state index is 5.73. The Labute approximate surface area is 144 Å². The number of para-hydroxylation sites is 1. The van der Waals surface area contributed by atoms with Crippen molar-refractivity contribution in [3.8, 4) is 0 Å². The van der Waals surface area contributed by atoms with Crippen LogP contribution in [0.15, 0.2) is 47.1 Å². The molecule has 2 heterocycles. The van der Waals surface area contributed by atoms with Gasteiger partial charge < -0.3 is 15.1 Å². The Bertz CT molecular complexity index is 631. The van der Waals surface area contributed by atoms with E-state index < -0.39 is 0 Å². The molecule has 3 nitrogen and oxygen atoms in total.